The highest BCUT2D eigenvalue weighted by Crippen LogP contribution is 2.03. The lowest BCUT2D eigenvalue weighted by Crippen LogP contribution is -2.00. The van der Waals surface area contributed by atoms with Crippen molar-refractivity contribution in [3.63, 3.8) is 0 Å². The van der Waals surface area contributed by atoms with Crippen LogP contribution < -0.4 is 0 Å². The Kier molecular flexibility index (Phi) is 7.44. The lowest BCUT2D eigenvalue weighted by Gasteiger charge is -1.94. The van der Waals surface area contributed by atoms with Gasteiger partial charge >= 0.3 is 27.3 Å². The molecule has 0 radical (unpaired) electrons. The molecule has 1 aromatic rings. The molecule has 1 rings (SSSR count). The minimum atomic E-state index is -1.06. The third-order valence-electron chi connectivity index (χ3n) is 1.56. The molecule has 0 aliphatic carbocycles. The lowest BCUT2D eigenvalue weighted by molar-refractivity contribution is 0.0681. The fourth-order valence-corrected chi connectivity index (χ4v) is 0.796. The van der Waals surface area contributed by atoms with Gasteiger partial charge in [-0.1, -0.05) is 0 Å². The molecular formula is C8H10B2O7. The van der Waals surface area contributed by atoms with Crippen molar-refractivity contribution in [3.8, 4) is 0 Å². The van der Waals surface area contributed by atoms with Crippen LogP contribution in [0.2, 0.25) is 0 Å². The van der Waals surface area contributed by atoms with E-state index in [-0.39, 0.29) is 11.1 Å². The van der Waals surface area contributed by atoms with Crippen molar-refractivity contribution in [1.82, 2.24) is 0 Å². The zero-order valence-corrected chi connectivity index (χ0v) is 8.74. The Labute approximate surface area is 97.9 Å². The van der Waals surface area contributed by atoms with Crippen molar-refractivity contribution in [3.05, 3.63) is 35.4 Å². The standard InChI is InChI=1S/C8H6O4.B2H4O3/c9-7(10)5-1-2-6(4-3-5)8(11)12;3-1-5-2-4/h1-4H,(H,9,10)(H,11,12);1-4H. The topological polar surface area (TPSA) is 124 Å². The minimum Gasteiger partial charge on any atom is -0.478 e. The van der Waals surface area contributed by atoms with Gasteiger partial charge in [-0.3, -0.25) is 0 Å². The van der Waals surface area contributed by atoms with Gasteiger partial charge in [0, 0.05) is 0 Å². The Balaban J connectivity index is 0.000000437. The molecule has 4 N–H and O–H groups in total. The molecule has 0 aliphatic rings. The molecule has 0 atom stereocenters. The number of carbonyl (C=O) groups is 2. The van der Waals surface area contributed by atoms with Crippen LogP contribution in [0.25, 0.3) is 0 Å². The van der Waals surface area contributed by atoms with Gasteiger partial charge < -0.3 is 24.8 Å². The number of carboxylic acid groups (broad SMARTS) is 2. The highest BCUT2D eigenvalue weighted by atomic mass is 16.5. The average molecular weight is 240 g/mol. The Hall–Kier alpha value is -1.83. The fraction of sp³-hybridized carbons (Fsp3) is 0. The summed E-state index contributed by atoms with van der Waals surface area (Å²) < 4.78 is 3.94. The van der Waals surface area contributed by atoms with E-state index in [0.717, 1.165) is 0 Å². The van der Waals surface area contributed by atoms with Crippen molar-refractivity contribution >= 4 is 27.3 Å². The SMILES string of the molecule is O=C(O)c1ccc(C(=O)O)cc1.OBOBO. The van der Waals surface area contributed by atoms with Crippen LogP contribution in [0, 0.1) is 0 Å². The van der Waals surface area contributed by atoms with Crippen LogP contribution in [0.15, 0.2) is 24.3 Å². The van der Waals surface area contributed by atoms with Crippen molar-refractivity contribution in [1.29, 1.82) is 0 Å². The van der Waals surface area contributed by atoms with Crippen LogP contribution in [-0.4, -0.2) is 47.6 Å². The summed E-state index contributed by atoms with van der Waals surface area (Å²) in [5.41, 5.74) is 0.167. The van der Waals surface area contributed by atoms with Crippen molar-refractivity contribution < 1.29 is 34.4 Å². The largest absolute Gasteiger partial charge is 0.478 e. The quantitative estimate of drug-likeness (QED) is 0.477. The van der Waals surface area contributed by atoms with Gasteiger partial charge in [-0.15, -0.1) is 0 Å². The van der Waals surface area contributed by atoms with Gasteiger partial charge in [0.15, 0.2) is 0 Å². The van der Waals surface area contributed by atoms with E-state index in [2.05, 4.69) is 4.57 Å². The molecule has 90 valence electrons. The fourth-order valence-electron chi connectivity index (χ4n) is 0.796. The molecule has 0 unspecified atom stereocenters. The van der Waals surface area contributed by atoms with E-state index in [1.165, 1.54) is 24.3 Å². The van der Waals surface area contributed by atoms with E-state index < -0.39 is 27.3 Å². The summed E-state index contributed by atoms with van der Waals surface area (Å²) in [6.07, 6.45) is 0. The van der Waals surface area contributed by atoms with Crippen LogP contribution in [0.4, 0.5) is 0 Å². The zero-order chi connectivity index (χ0) is 13.3. The number of hydrogen-bond acceptors (Lipinski definition) is 5. The smallest absolute Gasteiger partial charge is 0.421 e. The van der Waals surface area contributed by atoms with Crippen LogP contribution in [0.3, 0.4) is 0 Å². The normalized spacial score (nSPS) is 8.59. The second-order valence-corrected chi connectivity index (χ2v) is 2.65. The van der Waals surface area contributed by atoms with E-state index in [1.807, 2.05) is 0 Å². The maximum Gasteiger partial charge on any atom is 0.421 e. The number of carboxylic acids is 2. The molecule has 0 heterocycles. The number of benzene rings is 1. The number of hydrogen-bond donors (Lipinski definition) is 4. The maximum absolute atomic E-state index is 10.3. The molecule has 17 heavy (non-hydrogen) atoms. The third kappa shape index (κ3) is 6.36. The summed E-state index contributed by atoms with van der Waals surface area (Å²) in [7, 11) is -0.812. The van der Waals surface area contributed by atoms with Crippen LogP contribution >= 0.6 is 0 Å². The Bertz CT molecular complexity index is 330. The van der Waals surface area contributed by atoms with E-state index >= 15 is 0 Å². The number of rotatable bonds is 4. The first-order valence-electron chi connectivity index (χ1n) is 4.39. The highest BCUT2D eigenvalue weighted by Gasteiger charge is 2.04. The molecule has 7 nitrogen and oxygen atoms in total. The van der Waals surface area contributed by atoms with Gasteiger partial charge in [0.1, 0.15) is 0 Å². The minimum absolute atomic E-state index is 0.0833. The Morgan fingerprint density at radius 1 is 0.882 bits per heavy atom. The lowest BCUT2D eigenvalue weighted by atomic mass is 10.1. The first-order valence-corrected chi connectivity index (χ1v) is 4.39. The monoisotopic (exact) mass is 240 g/mol. The van der Waals surface area contributed by atoms with Crippen LogP contribution in [0.5, 0.6) is 0 Å². The first kappa shape index (κ1) is 15.2. The second kappa shape index (κ2) is 8.34. The second-order valence-electron chi connectivity index (χ2n) is 2.65. The molecule has 0 fully saturated rings. The van der Waals surface area contributed by atoms with Crippen molar-refractivity contribution in [2.75, 3.05) is 0 Å². The Morgan fingerprint density at radius 3 is 1.29 bits per heavy atom. The van der Waals surface area contributed by atoms with Gasteiger partial charge in [0.2, 0.25) is 0 Å². The van der Waals surface area contributed by atoms with E-state index in [4.69, 9.17) is 20.3 Å². The van der Waals surface area contributed by atoms with Gasteiger partial charge in [0.25, 0.3) is 0 Å². The predicted octanol–water partition coefficient (Wildman–Crippen LogP) is -1.40. The molecule has 0 saturated heterocycles. The molecule has 1 aromatic carbocycles. The molecule has 0 saturated carbocycles. The third-order valence-corrected chi connectivity index (χ3v) is 1.56. The summed E-state index contributed by atoms with van der Waals surface area (Å²) in [5, 5.41) is 32.3. The summed E-state index contributed by atoms with van der Waals surface area (Å²) in [4.78, 5) is 20.7. The van der Waals surface area contributed by atoms with Gasteiger partial charge in [-0.25, -0.2) is 9.59 Å². The van der Waals surface area contributed by atoms with Crippen molar-refractivity contribution in [2.24, 2.45) is 0 Å². The maximum atomic E-state index is 10.3. The molecule has 9 heteroatoms. The van der Waals surface area contributed by atoms with Crippen molar-refractivity contribution in [2.45, 2.75) is 0 Å². The summed E-state index contributed by atoms with van der Waals surface area (Å²) in [6.45, 7) is 0. The molecular weight excluding hydrogens is 230 g/mol. The van der Waals surface area contributed by atoms with Gasteiger partial charge in [-0.05, 0) is 24.3 Å². The molecule has 0 aliphatic heterocycles. The van der Waals surface area contributed by atoms with E-state index in [1.54, 1.807) is 0 Å². The number of aromatic carboxylic acids is 2. The molecule has 0 amide bonds. The van der Waals surface area contributed by atoms with Crippen LogP contribution in [-0.2, 0) is 4.57 Å². The zero-order valence-electron chi connectivity index (χ0n) is 8.74. The summed E-state index contributed by atoms with van der Waals surface area (Å²) >= 11 is 0. The summed E-state index contributed by atoms with van der Waals surface area (Å²) in [6, 6.07) is 5.02. The van der Waals surface area contributed by atoms with Crippen LogP contribution in [0.1, 0.15) is 20.7 Å². The Morgan fingerprint density at radius 2 is 1.18 bits per heavy atom. The predicted molar refractivity (Wildman–Crippen MR) is 60.2 cm³/mol. The molecule has 0 aromatic heterocycles. The highest BCUT2D eigenvalue weighted by molar-refractivity contribution is 6.32. The van der Waals surface area contributed by atoms with Gasteiger partial charge in [-0.2, -0.15) is 0 Å². The van der Waals surface area contributed by atoms with E-state index in [0.29, 0.717) is 0 Å². The molecule has 0 bridgehead atoms. The first-order chi connectivity index (χ1) is 8.02. The average Bonchev–Trinajstić information content (AvgIpc) is 2.31. The summed E-state index contributed by atoms with van der Waals surface area (Å²) in [5.74, 6) is -2.13. The van der Waals surface area contributed by atoms with Gasteiger partial charge in [0.05, 0.1) is 11.1 Å². The molecule has 0 spiro atoms. The van der Waals surface area contributed by atoms with E-state index in [9.17, 15) is 9.59 Å².